The Bertz CT molecular complexity index is 873. The van der Waals surface area contributed by atoms with E-state index in [1.54, 1.807) is 19.2 Å². The topological polar surface area (TPSA) is 35.5 Å². The highest BCUT2D eigenvalue weighted by atomic mass is 35.5. The molecule has 0 atom stereocenters. The molecule has 3 nitrogen and oxygen atoms in total. The molecule has 0 aliphatic carbocycles. The van der Waals surface area contributed by atoms with Gasteiger partial charge in [-0.3, -0.25) is 0 Å². The summed E-state index contributed by atoms with van der Waals surface area (Å²) in [5.41, 5.74) is 0.824. The number of methoxy groups -OCH3 is 1. The lowest BCUT2D eigenvalue weighted by Gasteiger charge is -2.04. The molecule has 1 heterocycles. The number of benzene rings is 2. The van der Waals surface area contributed by atoms with Gasteiger partial charge in [0.2, 0.25) is 0 Å². The zero-order valence-corrected chi connectivity index (χ0v) is 14.5. The van der Waals surface area contributed by atoms with Crippen LogP contribution in [0.2, 0.25) is 10.0 Å². The minimum absolute atomic E-state index is 0.146. The summed E-state index contributed by atoms with van der Waals surface area (Å²) in [7, 11) is 1.59. The first-order chi connectivity index (χ1) is 11.1. The third-order valence-corrected chi connectivity index (χ3v) is 5.15. The summed E-state index contributed by atoms with van der Waals surface area (Å²) in [6.07, 6.45) is 0. The van der Waals surface area contributed by atoms with Crippen LogP contribution in [0, 0.1) is 0 Å². The molecule has 3 rings (SSSR count). The number of carbonyl (C=O) groups excluding carboxylic acids is 1. The second-order valence-corrected chi connectivity index (χ2v) is 6.68. The lowest BCUT2D eigenvalue weighted by Crippen LogP contribution is -2.03. The van der Waals surface area contributed by atoms with Crippen LogP contribution in [-0.2, 0) is 11.3 Å². The van der Waals surface area contributed by atoms with E-state index in [1.807, 2.05) is 30.3 Å². The maximum absolute atomic E-state index is 12.3. The van der Waals surface area contributed by atoms with Gasteiger partial charge in [0.15, 0.2) is 0 Å². The van der Waals surface area contributed by atoms with Crippen molar-refractivity contribution in [3.8, 4) is 5.75 Å². The minimum atomic E-state index is -0.449. The summed E-state index contributed by atoms with van der Waals surface area (Å²) in [6, 6.07) is 12.7. The predicted octanol–water partition coefficient (Wildman–Crippen LogP) is 5.57. The van der Waals surface area contributed by atoms with Crippen LogP contribution < -0.4 is 4.74 Å². The minimum Gasteiger partial charge on any atom is -0.497 e. The zero-order valence-electron chi connectivity index (χ0n) is 12.1. The Morgan fingerprint density at radius 2 is 2.00 bits per heavy atom. The Morgan fingerprint density at radius 1 is 1.17 bits per heavy atom. The molecule has 0 unspecified atom stereocenters. The second-order valence-electron chi connectivity index (χ2n) is 4.81. The number of hydrogen-bond acceptors (Lipinski definition) is 4. The molecule has 6 heteroatoms. The van der Waals surface area contributed by atoms with Crippen LogP contribution in [0.3, 0.4) is 0 Å². The van der Waals surface area contributed by atoms with Crippen LogP contribution in [0.5, 0.6) is 5.75 Å². The number of esters is 1. The number of thiophene rings is 1. The van der Waals surface area contributed by atoms with Crippen LogP contribution in [-0.4, -0.2) is 13.1 Å². The van der Waals surface area contributed by atoms with E-state index in [9.17, 15) is 4.79 Å². The molecule has 0 amide bonds. The normalized spacial score (nSPS) is 10.7. The maximum atomic E-state index is 12.3. The molecule has 0 saturated heterocycles. The predicted molar refractivity (Wildman–Crippen MR) is 94.0 cm³/mol. The molecule has 23 heavy (non-hydrogen) atoms. The summed E-state index contributed by atoms with van der Waals surface area (Å²) in [6.45, 7) is 0.146. The SMILES string of the molecule is COc1ccc2c(Cl)c(C(=O)OCc3cccc(Cl)c3)sc2c1. The van der Waals surface area contributed by atoms with Gasteiger partial charge >= 0.3 is 5.97 Å². The summed E-state index contributed by atoms with van der Waals surface area (Å²) < 4.78 is 11.4. The molecule has 0 fully saturated rings. The highest BCUT2D eigenvalue weighted by Crippen LogP contribution is 2.37. The van der Waals surface area contributed by atoms with Crippen molar-refractivity contribution in [2.75, 3.05) is 7.11 Å². The van der Waals surface area contributed by atoms with Gasteiger partial charge in [0.1, 0.15) is 17.2 Å². The largest absolute Gasteiger partial charge is 0.497 e. The fourth-order valence-corrected chi connectivity index (χ4v) is 3.79. The van der Waals surface area contributed by atoms with Crippen molar-refractivity contribution < 1.29 is 14.3 Å². The number of hydrogen-bond donors (Lipinski definition) is 0. The fraction of sp³-hybridized carbons (Fsp3) is 0.118. The zero-order chi connectivity index (χ0) is 16.4. The molecule has 0 bridgehead atoms. The molecule has 0 aliphatic heterocycles. The number of rotatable bonds is 4. The lowest BCUT2D eigenvalue weighted by atomic mass is 10.2. The molecule has 3 aromatic rings. The Morgan fingerprint density at radius 3 is 2.74 bits per heavy atom. The molecule has 0 saturated carbocycles. The smallest absolute Gasteiger partial charge is 0.350 e. The van der Waals surface area contributed by atoms with E-state index in [2.05, 4.69) is 0 Å². The van der Waals surface area contributed by atoms with Gasteiger partial charge in [0, 0.05) is 15.1 Å². The molecular weight excluding hydrogens is 355 g/mol. The van der Waals surface area contributed by atoms with Gasteiger partial charge in [-0.1, -0.05) is 35.3 Å². The molecule has 118 valence electrons. The van der Waals surface area contributed by atoms with Crippen LogP contribution >= 0.6 is 34.5 Å². The van der Waals surface area contributed by atoms with Crippen molar-refractivity contribution >= 4 is 50.6 Å². The number of fused-ring (bicyclic) bond motifs is 1. The fourth-order valence-electron chi connectivity index (χ4n) is 2.14. The Hall–Kier alpha value is -1.75. The van der Waals surface area contributed by atoms with Gasteiger partial charge in [-0.2, -0.15) is 0 Å². The van der Waals surface area contributed by atoms with Crippen LogP contribution in [0.4, 0.5) is 0 Å². The van der Waals surface area contributed by atoms with Gasteiger partial charge in [-0.25, -0.2) is 4.79 Å². The first kappa shape index (κ1) is 16.1. The molecule has 1 aromatic heterocycles. The van der Waals surface area contributed by atoms with Crippen molar-refractivity contribution in [1.82, 2.24) is 0 Å². The average Bonchev–Trinajstić information content (AvgIpc) is 2.89. The highest BCUT2D eigenvalue weighted by molar-refractivity contribution is 7.21. The Balaban J connectivity index is 1.81. The summed E-state index contributed by atoms with van der Waals surface area (Å²) >= 11 is 13.5. The highest BCUT2D eigenvalue weighted by Gasteiger charge is 2.19. The van der Waals surface area contributed by atoms with Gasteiger partial charge in [-0.05, 0) is 35.9 Å². The molecule has 0 spiro atoms. The summed E-state index contributed by atoms with van der Waals surface area (Å²) in [4.78, 5) is 12.7. The van der Waals surface area contributed by atoms with Crippen molar-refractivity contribution in [1.29, 1.82) is 0 Å². The van der Waals surface area contributed by atoms with E-state index in [1.165, 1.54) is 11.3 Å². The van der Waals surface area contributed by atoms with Crippen LogP contribution in [0.1, 0.15) is 15.2 Å². The molecule has 2 aromatic carbocycles. The first-order valence-electron chi connectivity index (χ1n) is 6.76. The van der Waals surface area contributed by atoms with E-state index in [0.29, 0.717) is 20.7 Å². The molecular formula is C17H12Cl2O3S. The van der Waals surface area contributed by atoms with Crippen LogP contribution in [0.15, 0.2) is 42.5 Å². The van der Waals surface area contributed by atoms with E-state index >= 15 is 0 Å². The van der Waals surface area contributed by atoms with Gasteiger partial charge in [-0.15, -0.1) is 11.3 Å². The van der Waals surface area contributed by atoms with Crippen LogP contribution in [0.25, 0.3) is 10.1 Å². The quantitative estimate of drug-likeness (QED) is 0.565. The third-order valence-electron chi connectivity index (χ3n) is 3.28. The third kappa shape index (κ3) is 3.44. The monoisotopic (exact) mass is 366 g/mol. The molecule has 0 N–H and O–H groups in total. The standard InChI is InChI=1S/C17H12Cl2O3S/c1-21-12-5-6-13-14(8-12)23-16(15(13)19)17(20)22-9-10-3-2-4-11(18)7-10/h2-8H,9H2,1H3. The average molecular weight is 367 g/mol. The van der Waals surface area contributed by atoms with E-state index < -0.39 is 5.97 Å². The summed E-state index contributed by atoms with van der Waals surface area (Å²) in [5.74, 6) is 0.268. The van der Waals surface area contributed by atoms with Crippen molar-refractivity contribution in [2.45, 2.75) is 6.61 Å². The van der Waals surface area contributed by atoms with E-state index in [-0.39, 0.29) is 6.61 Å². The first-order valence-corrected chi connectivity index (χ1v) is 8.33. The number of halogens is 2. The molecule has 0 radical (unpaired) electrons. The number of carbonyl (C=O) groups is 1. The van der Waals surface area contributed by atoms with Gasteiger partial charge in [0.05, 0.1) is 12.1 Å². The lowest BCUT2D eigenvalue weighted by molar-refractivity contribution is 0.0479. The Kier molecular flexibility index (Phi) is 4.76. The maximum Gasteiger partial charge on any atom is 0.350 e. The second kappa shape index (κ2) is 6.79. The van der Waals surface area contributed by atoms with Crippen molar-refractivity contribution in [3.05, 3.63) is 63.0 Å². The van der Waals surface area contributed by atoms with E-state index in [0.717, 1.165) is 15.6 Å². The van der Waals surface area contributed by atoms with Gasteiger partial charge in [0.25, 0.3) is 0 Å². The van der Waals surface area contributed by atoms with E-state index in [4.69, 9.17) is 32.7 Å². The van der Waals surface area contributed by atoms with Crippen molar-refractivity contribution in [2.24, 2.45) is 0 Å². The number of ether oxygens (including phenoxy) is 2. The van der Waals surface area contributed by atoms with Gasteiger partial charge < -0.3 is 9.47 Å². The Labute approximate surface area is 147 Å². The summed E-state index contributed by atoms with van der Waals surface area (Å²) in [5, 5.41) is 1.82. The molecule has 0 aliphatic rings. The van der Waals surface area contributed by atoms with Crippen molar-refractivity contribution in [3.63, 3.8) is 0 Å².